The number of halogens is 1. The molecule has 2 rings (SSSR count). The van der Waals surface area contributed by atoms with Gasteiger partial charge in [-0.15, -0.1) is 0 Å². The van der Waals surface area contributed by atoms with Gasteiger partial charge in [-0.1, -0.05) is 24.3 Å². The van der Waals surface area contributed by atoms with Crippen LogP contribution >= 0.6 is 0 Å². The van der Waals surface area contributed by atoms with Gasteiger partial charge in [-0.2, -0.15) is 0 Å². The van der Waals surface area contributed by atoms with E-state index < -0.39 is 6.09 Å². The second kappa shape index (κ2) is 4.99. The van der Waals surface area contributed by atoms with Crippen LogP contribution < -0.4 is 0 Å². The Morgan fingerprint density at radius 2 is 2.35 bits per heavy atom. The summed E-state index contributed by atoms with van der Waals surface area (Å²) in [7, 11) is 0. The Balaban J connectivity index is 2.07. The minimum absolute atomic E-state index is 0.0873. The fraction of sp³-hybridized carbons (Fsp3) is 0.308. The van der Waals surface area contributed by atoms with Gasteiger partial charge in [-0.05, 0) is 30.5 Å². The molecule has 1 aliphatic heterocycles. The molecule has 1 unspecified atom stereocenters. The van der Waals surface area contributed by atoms with E-state index in [0.29, 0.717) is 6.54 Å². The third-order valence-electron chi connectivity index (χ3n) is 2.90. The Hall–Kier alpha value is -1.84. The molecule has 3 nitrogen and oxygen atoms in total. The quantitative estimate of drug-likeness (QED) is 0.856. The van der Waals surface area contributed by atoms with Crippen LogP contribution in [0.1, 0.15) is 18.4 Å². The van der Waals surface area contributed by atoms with Gasteiger partial charge in [0.2, 0.25) is 0 Å². The molecule has 1 N–H and O–H groups in total. The molecule has 1 amide bonds. The molecule has 4 heteroatoms. The maximum Gasteiger partial charge on any atom is 0.407 e. The summed E-state index contributed by atoms with van der Waals surface area (Å²) >= 11 is 0. The second-order valence-corrected chi connectivity index (χ2v) is 4.10. The molecule has 0 aliphatic carbocycles. The zero-order chi connectivity index (χ0) is 12.3. The monoisotopic (exact) mass is 235 g/mol. The molecule has 0 bridgehead atoms. The van der Waals surface area contributed by atoms with Gasteiger partial charge < -0.3 is 10.0 Å². The van der Waals surface area contributed by atoms with Gasteiger partial charge in [-0.3, -0.25) is 0 Å². The molecule has 1 aliphatic rings. The molecule has 1 fully saturated rings. The van der Waals surface area contributed by atoms with Crippen LogP contribution in [0.15, 0.2) is 30.3 Å². The number of amides is 1. The van der Waals surface area contributed by atoms with Crippen molar-refractivity contribution in [3.8, 4) is 0 Å². The van der Waals surface area contributed by atoms with Gasteiger partial charge in [0.1, 0.15) is 5.82 Å². The average molecular weight is 235 g/mol. The van der Waals surface area contributed by atoms with E-state index >= 15 is 0 Å². The number of carboxylic acid groups (broad SMARTS) is 1. The standard InChI is InChI=1S/C13H14FNO2/c14-11-4-1-3-10(9-11)6-7-12-5-2-8-15(12)13(16)17/h1,3-4,6-7,9,12H,2,5,8H2,(H,16,17)/b7-6+. The maximum absolute atomic E-state index is 12.9. The van der Waals surface area contributed by atoms with Crippen LogP contribution in [-0.2, 0) is 0 Å². The topological polar surface area (TPSA) is 40.5 Å². The molecule has 0 aromatic heterocycles. The Morgan fingerprint density at radius 1 is 1.53 bits per heavy atom. The highest BCUT2D eigenvalue weighted by molar-refractivity contribution is 5.66. The number of nitrogens with zero attached hydrogens (tertiary/aromatic N) is 1. The number of hydrogen-bond acceptors (Lipinski definition) is 1. The van der Waals surface area contributed by atoms with Gasteiger partial charge in [0.25, 0.3) is 0 Å². The molecule has 1 aromatic carbocycles. The third-order valence-corrected chi connectivity index (χ3v) is 2.90. The van der Waals surface area contributed by atoms with Gasteiger partial charge in [0, 0.05) is 6.54 Å². The Morgan fingerprint density at radius 3 is 3.06 bits per heavy atom. The fourth-order valence-corrected chi connectivity index (χ4v) is 2.06. The van der Waals surface area contributed by atoms with Crippen LogP contribution in [0.3, 0.4) is 0 Å². The van der Waals surface area contributed by atoms with Crippen molar-refractivity contribution < 1.29 is 14.3 Å². The highest BCUT2D eigenvalue weighted by atomic mass is 19.1. The predicted molar refractivity (Wildman–Crippen MR) is 63.2 cm³/mol. The summed E-state index contributed by atoms with van der Waals surface area (Å²) in [5.41, 5.74) is 0.752. The smallest absolute Gasteiger partial charge is 0.407 e. The summed E-state index contributed by atoms with van der Waals surface area (Å²) in [6.45, 7) is 0.577. The molecule has 17 heavy (non-hydrogen) atoms. The largest absolute Gasteiger partial charge is 0.465 e. The first-order valence-corrected chi connectivity index (χ1v) is 5.60. The van der Waals surface area contributed by atoms with Crippen LogP contribution in [0.5, 0.6) is 0 Å². The highest BCUT2D eigenvalue weighted by Crippen LogP contribution is 2.19. The van der Waals surface area contributed by atoms with Crippen molar-refractivity contribution in [2.45, 2.75) is 18.9 Å². The first-order valence-electron chi connectivity index (χ1n) is 5.60. The van der Waals surface area contributed by atoms with Crippen LogP contribution in [0.4, 0.5) is 9.18 Å². The van der Waals surface area contributed by atoms with E-state index in [4.69, 9.17) is 5.11 Å². The van der Waals surface area contributed by atoms with E-state index in [1.54, 1.807) is 18.2 Å². The zero-order valence-corrected chi connectivity index (χ0v) is 9.34. The number of rotatable bonds is 2. The van der Waals surface area contributed by atoms with E-state index in [9.17, 15) is 9.18 Å². The third kappa shape index (κ3) is 2.84. The van der Waals surface area contributed by atoms with Crippen LogP contribution in [-0.4, -0.2) is 28.7 Å². The zero-order valence-electron chi connectivity index (χ0n) is 9.34. The number of benzene rings is 1. The van der Waals surface area contributed by atoms with E-state index in [1.165, 1.54) is 17.0 Å². The molecule has 1 atom stereocenters. The summed E-state index contributed by atoms with van der Waals surface area (Å²) in [4.78, 5) is 12.3. The van der Waals surface area contributed by atoms with Gasteiger partial charge in [0.15, 0.2) is 0 Å². The molecule has 0 radical (unpaired) electrons. The average Bonchev–Trinajstić information content (AvgIpc) is 2.74. The first-order chi connectivity index (χ1) is 8.16. The van der Waals surface area contributed by atoms with E-state index in [2.05, 4.69) is 0 Å². The lowest BCUT2D eigenvalue weighted by Crippen LogP contribution is -2.32. The number of likely N-dealkylation sites (tertiary alicyclic amines) is 1. The molecule has 0 saturated carbocycles. The van der Waals surface area contributed by atoms with E-state index in [0.717, 1.165) is 18.4 Å². The van der Waals surface area contributed by atoms with E-state index in [-0.39, 0.29) is 11.9 Å². The summed E-state index contributed by atoms with van der Waals surface area (Å²) in [5.74, 6) is -0.284. The summed E-state index contributed by atoms with van der Waals surface area (Å²) in [6, 6.07) is 6.15. The van der Waals surface area contributed by atoms with Crippen LogP contribution in [0.25, 0.3) is 6.08 Å². The molecule has 1 saturated heterocycles. The van der Waals surface area contributed by atoms with Gasteiger partial charge >= 0.3 is 6.09 Å². The maximum atomic E-state index is 12.9. The molecule has 0 spiro atoms. The van der Waals surface area contributed by atoms with E-state index in [1.807, 2.05) is 6.08 Å². The molecule has 1 aromatic rings. The Labute approximate surface area is 99.2 Å². The summed E-state index contributed by atoms with van der Waals surface area (Å²) in [6.07, 6.45) is 4.42. The summed E-state index contributed by atoms with van der Waals surface area (Å²) in [5, 5.41) is 8.96. The van der Waals surface area contributed by atoms with Gasteiger partial charge in [0.05, 0.1) is 6.04 Å². The Bertz CT molecular complexity index is 445. The van der Waals surface area contributed by atoms with Crippen molar-refractivity contribution >= 4 is 12.2 Å². The molecular formula is C13H14FNO2. The normalized spacial score (nSPS) is 20.1. The van der Waals surface area contributed by atoms with Crippen LogP contribution in [0, 0.1) is 5.82 Å². The first kappa shape index (κ1) is 11.6. The van der Waals surface area contributed by atoms with Crippen molar-refractivity contribution in [3.05, 3.63) is 41.7 Å². The molecule has 1 heterocycles. The minimum atomic E-state index is -0.892. The second-order valence-electron chi connectivity index (χ2n) is 4.10. The van der Waals surface area contributed by atoms with Crippen molar-refractivity contribution in [1.82, 2.24) is 4.90 Å². The SMILES string of the molecule is O=C(O)N1CCCC1/C=C/c1cccc(F)c1. The lowest BCUT2D eigenvalue weighted by molar-refractivity contribution is 0.147. The minimum Gasteiger partial charge on any atom is -0.465 e. The lowest BCUT2D eigenvalue weighted by atomic mass is 10.1. The Kier molecular flexibility index (Phi) is 3.42. The molecular weight excluding hydrogens is 221 g/mol. The fourth-order valence-electron chi connectivity index (χ4n) is 2.06. The van der Waals surface area contributed by atoms with Crippen LogP contribution in [0.2, 0.25) is 0 Å². The van der Waals surface area contributed by atoms with Crippen molar-refractivity contribution in [2.24, 2.45) is 0 Å². The van der Waals surface area contributed by atoms with Crippen molar-refractivity contribution in [3.63, 3.8) is 0 Å². The summed E-state index contributed by atoms with van der Waals surface area (Å²) < 4.78 is 12.9. The van der Waals surface area contributed by atoms with Crippen molar-refractivity contribution in [1.29, 1.82) is 0 Å². The highest BCUT2D eigenvalue weighted by Gasteiger charge is 2.25. The lowest BCUT2D eigenvalue weighted by Gasteiger charge is -2.17. The predicted octanol–water partition coefficient (Wildman–Crippen LogP) is 2.98. The number of carbonyl (C=O) groups is 1. The number of hydrogen-bond donors (Lipinski definition) is 1. The molecule has 90 valence electrons. The van der Waals surface area contributed by atoms with Crippen molar-refractivity contribution in [2.75, 3.05) is 6.54 Å². The van der Waals surface area contributed by atoms with Gasteiger partial charge in [-0.25, -0.2) is 9.18 Å².